The van der Waals surface area contributed by atoms with Crippen LogP contribution < -0.4 is 10.6 Å². The first kappa shape index (κ1) is 19.9. The zero-order valence-electron chi connectivity index (χ0n) is 15.7. The molecule has 0 aliphatic rings. The van der Waals surface area contributed by atoms with Crippen molar-refractivity contribution in [3.05, 3.63) is 65.7 Å². The Hall–Kier alpha value is -2.40. The molecule has 0 saturated heterocycles. The minimum Gasteiger partial charge on any atom is -0.362 e. The van der Waals surface area contributed by atoms with Crippen LogP contribution in [0.5, 0.6) is 0 Å². The summed E-state index contributed by atoms with van der Waals surface area (Å²) in [5.41, 5.74) is 2.88. The van der Waals surface area contributed by atoms with Crippen LogP contribution in [0.3, 0.4) is 0 Å². The van der Waals surface area contributed by atoms with Crippen molar-refractivity contribution >= 4 is 28.9 Å². The van der Waals surface area contributed by atoms with Crippen LogP contribution in [-0.2, 0) is 6.42 Å². The quantitative estimate of drug-likeness (QED) is 0.726. The molecule has 138 valence electrons. The minimum absolute atomic E-state index is 0.0102. The van der Waals surface area contributed by atoms with Gasteiger partial charge < -0.3 is 15.5 Å². The summed E-state index contributed by atoms with van der Waals surface area (Å²) in [6.07, 6.45) is 2.13. The van der Waals surface area contributed by atoms with Gasteiger partial charge in [-0.25, -0.2) is 0 Å². The van der Waals surface area contributed by atoms with Crippen LogP contribution >= 0.6 is 12.2 Å². The Morgan fingerprint density at radius 3 is 2.31 bits per heavy atom. The number of nitrogens with one attached hydrogen (secondary N) is 2. The van der Waals surface area contributed by atoms with E-state index in [4.69, 9.17) is 12.2 Å². The lowest BCUT2D eigenvalue weighted by Crippen LogP contribution is -2.33. The second kappa shape index (κ2) is 9.92. The highest BCUT2D eigenvalue weighted by Crippen LogP contribution is 2.13. The van der Waals surface area contributed by atoms with Gasteiger partial charge in [-0.15, -0.1) is 0 Å². The van der Waals surface area contributed by atoms with Crippen LogP contribution in [0.25, 0.3) is 0 Å². The molecular weight excluding hydrogens is 342 g/mol. The highest BCUT2D eigenvalue weighted by atomic mass is 32.1. The lowest BCUT2D eigenvalue weighted by Gasteiger charge is -2.18. The monoisotopic (exact) mass is 369 g/mol. The molecule has 0 bridgehead atoms. The molecule has 0 aromatic heterocycles. The molecule has 1 amide bonds. The lowest BCUT2D eigenvalue weighted by molar-refractivity contribution is 0.0827. The van der Waals surface area contributed by atoms with Gasteiger partial charge in [-0.05, 0) is 54.4 Å². The van der Waals surface area contributed by atoms with Gasteiger partial charge in [-0.2, -0.15) is 0 Å². The molecule has 0 saturated carbocycles. The molecule has 1 unspecified atom stereocenters. The second-order valence-corrected chi connectivity index (χ2v) is 6.98. The van der Waals surface area contributed by atoms with Gasteiger partial charge >= 0.3 is 0 Å². The van der Waals surface area contributed by atoms with E-state index in [1.807, 2.05) is 18.2 Å². The van der Waals surface area contributed by atoms with Gasteiger partial charge in [0.2, 0.25) is 0 Å². The highest BCUT2D eigenvalue weighted by Gasteiger charge is 2.10. The first-order valence-corrected chi connectivity index (χ1v) is 9.31. The maximum Gasteiger partial charge on any atom is 0.253 e. The first-order chi connectivity index (χ1) is 12.5. The van der Waals surface area contributed by atoms with Crippen molar-refractivity contribution in [3.8, 4) is 0 Å². The van der Waals surface area contributed by atoms with E-state index < -0.39 is 0 Å². The van der Waals surface area contributed by atoms with Gasteiger partial charge in [0.1, 0.15) is 0 Å². The predicted molar refractivity (Wildman–Crippen MR) is 113 cm³/mol. The molecule has 0 heterocycles. The van der Waals surface area contributed by atoms with Crippen molar-refractivity contribution in [2.75, 3.05) is 26.0 Å². The van der Waals surface area contributed by atoms with Crippen LogP contribution in [0.2, 0.25) is 0 Å². The molecule has 0 fully saturated rings. The third-order valence-corrected chi connectivity index (χ3v) is 4.54. The Morgan fingerprint density at radius 2 is 1.73 bits per heavy atom. The van der Waals surface area contributed by atoms with Gasteiger partial charge in [0.05, 0.1) is 0 Å². The van der Waals surface area contributed by atoms with Crippen molar-refractivity contribution in [1.82, 2.24) is 10.2 Å². The fourth-order valence-corrected chi connectivity index (χ4v) is 2.88. The van der Waals surface area contributed by atoms with Gasteiger partial charge in [0.25, 0.3) is 5.91 Å². The van der Waals surface area contributed by atoms with E-state index in [0.717, 1.165) is 25.1 Å². The molecule has 5 heteroatoms. The van der Waals surface area contributed by atoms with Gasteiger partial charge in [0.15, 0.2) is 5.11 Å². The average Bonchev–Trinajstić information content (AvgIpc) is 2.66. The van der Waals surface area contributed by atoms with Gasteiger partial charge in [0, 0.05) is 31.9 Å². The Labute approximate surface area is 161 Å². The van der Waals surface area contributed by atoms with Crippen LogP contribution in [0.15, 0.2) is 54.6 Å². The zero-order chi connectivity index (χ0) is 18.9. The Balaban J connectivity index is 1.83. The number of rotatable bonds is 7. The fraction of sp³-hybridized carbons (Fsp3) is 0.333. The van der Waals surface area contributed by atoms with E-state index in [-0.39, 0.29) is 5.91 Å². The molecule has 0 aliphatic heterocycles. The molecular formula is C21H27N3OS. The number of carbonyl (C=O) groups is 1. The Bertz CT molecular complexity index is 714. The van der Waals surface area contributed by atoms with Crippen molar-refractivity contribution in [1.29, 1.82) is 0 Å². The minimum atomic E-state index is -0.0102. The summed E-state index contributed by atoms with van der Waals surface area (Å²) in [7, 11) is 3.49. The second-order valence-electron chi connectivity index (χ2n) is 6.58. The third-order valence-electron chi connectivity index (χ3n) is 4.29. The predicted octanol–water partition coefficient (Wildman–Crippen LogP) is 3.94. The van der Waals surface area contributed by atoms with Crippen LogP contribution in [0, 0.1) is 5.92 Å². The van der Waals surface area contributed by atoms with E-state index in [0.29, 0.717) is 16.6 Å². The Kier molecular flexibility index (Phi) is 7.60. The molecule has 0 radical (unpaired) electrons. The van der Waals surface area contributed by atoms with Crippen molar-refractivity contribution in [2.24, 2.45) is 5.92 Å². The van der Waals surface area contributed by atoms with Crippen LogP contribution in [-0.4, -0.2) is 36.6 Å². The average molecular weight is 370 g/mol. The van der Waals surface area contributed by atoms with Crippen molar-refractivity contribution in [3.63, 3.8) is 0 Å². The van der Waals surface area contributed by atoms with E-state index in [1.165, 1.54) is 5.56 Å². The highest BCUT2D eigenvalue weighted by molar-refractivity contribution is 7.80. The van der Waals surface area contributed by atoms with Crippen molar-refractivity contribution in [2.45, 2.75) is 19.8 Å². The molecule has 4 nitrogen and oxygen atoms in total. The fourth-order valence-electron chi connectivity index (χ4n) is 2.67. The maximum absolute atomic E-state index is 11.9. The summed E-state index contributed by atoms with van der Waals surface area (Å²) in [5.74, 6) is 0.515. The third kappa shape index (κ3) is 6.15. The number of amides is 1. The number of hydrogen-bond donors (Lipinski definition) is 2. The molecule has 0 spiro atoms. The van der Waals surface area contributed by atoms with Crippen molar-refractivity contribution < 1.29 is 4.79 Å². The van der Waals surface area contributed by atoms with E-state index in [1.54, 1.807) is 31.1 Å². The van der Waals surface area contributed by atoms with E-state index in [2.05, 4.69) is 41.8 Å². The standard InChI is InChI=1S/C21H27N3OS/c1-4-16(14-17-8-6-5-7-9-17)15-22-21(26)23-19-12-10-18(11-13-19)20(25)24(2)3/h5-13,16H,4,14-15H2,1-3H3,(H2,22,23,26). The zero-order valence-corrected chi connectivity index (χ0v) is 16.5. The van der Waals surface area contributed by atoms with Crippen LogP contribution in [0.4, 0.5) is 5.69 Å². The largest absolute Gasteiger partial charge is 0.362 e. The number of benzene rings is 2. The summed E-state index contributed by atoms with van der Waals surface area (Å²) in [5, 5.41) is 7.08. The molecule has 26 heavy (non-hydrogen) atoms. The van der Waals surface area contributed by atoms with Gasteiger partial charge in [-0.1, -0.05) is 43.7 Å². The van der Waals surface area contributed by atoms with E-state index in [9.17, 15) is 4.79 Å². The summed E-state index contributed by atoms with van der Waals surface area (Å²) in [6.45, 7) is 3.03. The number of carbonyl (C=O) groups excluding carboxylic acids is 1. The van der Waals surface area contributed by atoms with Gasteiger partial charge in [-0.3, -0.25) is 4.79 Å². The lowest BCUT2D eigenvalue weighted by atomic mass is 9.97. The molecule has 2 N–H and O–H groups in total. The number of hydrogen-bond acceptors (Lipinski definition) is 2. The topological polar surface area (TPSA) is 44.4 Å². The maximum atomic E-state index is 11.9. The summed E-state index contributed by atoms with van der Waals surface area (Å²) < 4.78 is 0. The molecule has 2 rings (SSSR count). The normalized spacial score (nSPS) is 11.5. The summed E-state index contributed by atoms with van der Waals surface area (Å²) >= 11 is 5.40. The van der Waals surface area contributed by atoms with Crippen LogP contribution in [0.1, 0.15) is 29.3 Å². The SMILES string of the molecule is CCC(CNC(=S)Nc1ccc(C(=O)N(C)C)cc1)Cc1ccccc1. The first-order valence-electron chi connectivity index (χ1n) is 8.90. The number of nitrogens with zero attached hydrogens (tertiary/aromatic N) is 1. The molecule has 2 aromatic carbocycles. The summed E-state index contributed by atoms with van der Waals surface area (Å²) in [4.78, 5) is 13.5. The molecule has 1 atom stereocenters. The number of anilines is 1. The number of thiocarbonyl (C=S) groups is 1. The molecule has 0 aliphatic carbocycles. The Morgan fingerprint density at radius 1 is 1.08 bits per heavy atom. The summed E-state index contributed by atoms with van der Waals surface area (Å²) in [6, 6.07) is 17.9. The smallest absolute Gasteiger partial charge is 0.253 e. The van der Waals surface area contributed by atoms with E-state index >= 15 is 0 Å². The molecule has 2 aromatic rings.